The molecule has 134 valence electrons. The number of carbonyl (C=O) groups excluding carboxylic acids is 2. The molecule has 1 saturated heterocycles. The predicted molar refractivity (Wildman–Crippen MR) is 106 cm³/mol. The lowest BCUT2D eigenvalue weighted by molar-refractivity contribution is -0.127. The molecule has 0 bridgehead atoms. The molecule has 2 aromatic carbocycles. The standard InChI is InChI=1S/C20H21N3O2S/c1-2-17-19(25)21-12-13-23(17)20(26)22-18(24)16-10-8-15(9-11-16)14-6-4-3-5-7-14/h3-11,17H,2,12-13H2,1H3,(H,21,25)(H,22,24,26)/t17-/m0/s1. The van der Waals surface area contributed by atoms with Crippen molar-refractivity contribution in [1.82, 2.24) is 15.5 Å². The maximum absolute atomic E-state index is 12.5. The summed E-state index contributed by atoms with van der Waals surface area (Å²) in [4.78, 5) is 26.2. The van der Waals surface area contributed by atoms with Crippen LogP contribution in [0.25, 0.3) is 11.1 Å². The summed E-state index contributed by atoms with van der Waals surface area (Å²) in [6, 6.07) is 17.0. The first kappa shape index (κ1) is 18.1. The number of rotatable bonds is 3. The molecule has 3 rings (SSSR count). The Morgan fingerprint density at radius 2 is 1.81 bits per heavy atom. The largest absolute Gasteiger partial charge is 0.353 e. The average molecular weight is 367 g/mol. The van der Waals surface area contributed by atoms with Crippen molar-refractivity contribution in [3.63, 3.8) is 0 Å². The second-order valence-electron chi connectivity index (χ2n) is 6.11. The molecule has 0 radical (unpaired) electrons. The molecular weight excluding hydrogens is 346 g/mol. The molecule has 0 spiro atoms. The smallest absolute Gasteiger partial charge is 0.257 e. The van der Waals surface area contributed by atoms with Gasteiger partial charge in [-0.15, -0.1) is 0 Å². The highest BCUT2D eigenvalue weighted by Crippen LogP contribution is 2.19. The van der Waals surface area contributed by atoms with Gasteiger partial charge in [0.25, 0.3) is 5.91 Å². The van der Waals surface area contributed by atoms with E-state index < -0.39 is 0 Å². The van der Waals surface area contributed by atoms with E-state index in [0.29, 0.717) is 30.2 Å². The number of thiocarbonyl (C=S) groups is 1. The fourth-order valence-corrected chi connectivity index (χ4v) is 3.36. The van der Waals surface area contributed by atoms with Gasteiger partial charge in [0.05, 0.1) is 0 Å². The minimum absolute atomic E-state index is 0.0532. The highest BCUT2D eigenvalue weighted by atomic mass is 32.1. The van der Waals surface area contributed by atoms with Crippen molar-refractivity contribution in [3.8, 4) is 11.1 Å². The Kier molecular flexibility index (Phi) is 5.63. The minimum atomic E-state index is -0.336. The molecule has 26 heavy (non-hydrogen) atoms. The molecule has 5 nitrogen and oxygen atoms in total. The van der Waals surface area contributed by atoms with Crippen molar-refractivity contribution >= 4 is 29.1 Å². The van der Waals surface area contributed by atoms with Gasteiger partial charge in [-0.05, 0) is 41.9 Å². The topological polar surface area (TPSA) is 61.4 Å². The third kappa shape index (κ3) is 3.91. The SMILES string of the molecule is CC[C@H]1C(=O)NCCN1C(=S)NC(=O)c1ccc(-c2ccccc2)cc1. The number of benzene rings is 2. The predicted octanol–water partition coefficient (Wildman–Crippen LogP) is 2.58. The van der Waals surface area contributed by atoms with E-state index in [1.54, 1.807) is 17.0 Å². The van der Waals surface area contributed by atoms with E-state index in [4.69, 9.17) is 12.2 Å². The van der Waals surface area contributed by atoms with Crippen LogP contribution >= 0.6 is 12.2 Å². The van der Waals surface area contributed by atoms with Gasteiger partial charge in [0.15, 0.2) is 5.11 Å². The Labute approximate surface area is 158 Å². The zero-order valence-corrected chi connectivity index (χ0v) is 15.4. The number of nitrogens with zero attached hydrogens (tertiary/aromatic N) is 1. The van der Waals surface area contributed by atoms with E-state index >= 15 is 0 Å². The van der Waals surface area contributed by atoms with E-state index in [9.17, 15) is 9.59 Å². The van der Waals surface area contributed by atoms with Crippen molar-refractivity contribution in [2.24, 2.45) is 0 Å². The number of carbonyl (C=O) groups is 2. The molecule has 2 N–H and O–H groups in total. The summed E-state index contributed by atoms with van der Waals surface area (Å²) >= 11 is 5.36. The van der Waals surface area contributed by atoms with Crippen LogP contribution in [0.15, 0.2) is 54.6 Å². The van der Waals surface area contributed by atoms with Crippen molar-refractivity contribution in [2.45, 2.75) is 19.4 Å². The van der Waals surface area contributed by atoms with Crippen LogP contribution in [0, 0.1) is 0 Å². The number of nitrogens with one attached hydrogen (secondary N) is 2. The van der Waals surface area contributed by atoms with Crippen LogP contribution in [-0.2, 0) is 4.79 Å². The number of hydrogen-bond donors (Lipinski definition) is 2. The first-order valence-electron chi connectivity index (χ1n) is 8.65. The second-order valence-corrected chi connectivity index (χ2v) is 6.50. The van der Waals surface area contributed by atoms with Crippen molar-refractivity contribution in [3.05, 3.63) is 60.2 Å². The van der Waals surface area contributed by atoms with Crippen LogP contribution in [0.2, 0.25) is 0 Å². The van der Waals surface area contributed by atoms with Gasteiger partial charge >= 0.3 is 0 Å². The lowest BCUT2D eigenvalue weighted by atomic mass is 10.0. The van der Waals surface area contributed by atoms with Crippen LogP contribution in [0.1, 0.15) is 23.7 Å². The maximum atomic E-state index is 12.5. The van der Waals surface area contributed by atoms with Gasteiger partial charge in [0.1, 0.15) is 6.04 Å². The molecule has 1 aliphatic rings. The van der Waals surface area contributed by atoms with Crippen molar-refractivity contribution < 1.29 is 9.59 Å². The van der Waals surface area contributed by atoms with Gasteiger partial charge in [-0.25, -0.2) is 0 Å². The number of amides is 2. The van der Waals surface area contributed by atoms with E-state index in [2.05, 4.69) is 10.6 Å². The molecule has 1 heterocycles. The van der Waals surface area contributed by atoms with Gasteiger partial charge < -0.3 is 10.2 Å². The third-order valence-electron chi connectivity index (χ3n) is 4.45. The maximum Gasteiger partial charge on any atom is 0.257 e. The van der Waals surface area contributed by atoms with E-state index in [1.807, 2.05) is 49.4 Å². The monoisotopic (exact) mass is 367 g/mol. The van der Waals surface area contributed by atoms with Crippen LogP contribution in [-0.4, -0.2) is 41.0 Å². The van der Waals surface area contributed by atoms with Gasteiger partial charge in [0, 0.05) is 18.7 Å². The molecule has 0 aromatic heterocycles. The molecular formula is C20H21N3O2S. The quantitative estimate of drug-likeness (QED) is 0.819. The normalized spacial score (nSPS) is 16.7. The highest BCUT2D eigenvalue weighted by Gasteiger charge is 2.30. The molecule has 1 aliphatic heterocycles. The van der Waals surface area contributed by atoms with Crippen molar-refractivity contribution in [1.29, 1.82) is 0 Å². The van der Waals surface area contributed by atoms with Crippen molar-refractivity contribution in [2.75, 3.05) is 13.1 Å². The fourth-order valence-electron chi connectivity index (χ4n) is 3.05. The Balaban J connectivity index is 1.68. The summed E-state index contributed by atoms with van der Waals surface area (Å²) in [5, 5.41) is 5.87. The molecule has 0 saturated carbocycles. The highest BCUT2D eigenvalue weighted by molar-refractivity contribution is 7.80. The number of piperazine rings is 1. The van der Waals surface area contributed by atoms with Crippen LogP contribution in [0.4, 0.5) is 0 Å². The van der Waals surface area contributed by atoms with Gasteiger partial charge in [0.2, 0.25) is 5.91 Å². The van der Waals surface area contributed by atoms with Crippen LogP contribution < -0.4 is 10.6 Å². The van der Waals surface area contributed by atoms with Crippen LogP contribution in [0.3, 0.4) is 0 Å². The summed E-state index contributed by atoms with van der Waals surface area (Å²) in [5.41, 5.74) is 2.67. The molecule has 0 unspecified atom stereocenters. The molecule has 1 fully saturated rings. The Morgan fingerprint density at radius 1 is 1.15 bits per heavy atom. The first-order chi connectivity index (χ1) is 12.6. The molecule has 0 aliphatic carbocycles. The summed E-state index contributed by atoms with van der Waals surface area (Å²) in [6.45, 7) is 3.04. The third-order valence-corrected chi connectivity index (χ3v) is 4.79. The van der Waals surface area contributed by atoms with Gasteiger partial charge in [-0.3, -0.25) is 14.9 Å². The second kappa shape index (κ2) is 8.10. The zero-order chi connectivity index (χ0) is 18.5. The first-order valence-corrected chi connectivity index (χ1v) is 9.06. The number of hydrogen-bond acceptors (Lipinski definition) is 3. The van der Waals surface area contributed by atoms with Crippen LogP contribution in [0.5, 0.6) is 0 Å². The Morgan fingerprint density at radius 3 is 2.46 bits per heavy atom. The lowest BCUT2D eigenvalue weighted by Crippen LogP contribution is -2.59. The molecule has 1 atom stereocenters. The summed E-state index contributed by atoms with van der Waals surface area (Å²) in [6.07, 6.45) is 0.633. The Hall–Kier alpha value is -2.73. The average Bonchev–Trinajstić information content (AvgIpc) is 2.68. The van der Waals surface area contributed by atoms with E-state index in [0.717, 1.165) is 11.1 Å². The van der Waals surface area contributed by atoms with Gasteiger partial charge in [-0.1, -0.05) is 49.4 Å². The summed E-state index contributed by atoms with van der Waals surface area (Å²) in [5.74, 6) is -0.321. The zero-order valence-electron chi connectivity index (χ0n) is 14.6. The summed E-state index contributed by atoms with van der Waals surface area (Å²) in [7, 11) is 0. The van der Waals surface area contributed by atoms with Gasteiger partial charge in [-0.2, -0.15) is 0 Å². The fraction of sp³-hybridized carbons (Fsp3) is 0.250. The Bertz CT molecular complexity index is 806. The van der Waals surface area contributed by atoms with E-state index in [1.165, 1.54) is 0 Å². The lowest BCUT2D eigenvalue weighted by Gasteiger charge is -2.36. The molecule has 2 amide bonds. The molecule has 6 heteroatoms. The minimum Gasteiger partial charge on any atom is -0.353 e. The molecule has 2 aromatic rings. The van der Waals surface area contributed by atoms with E-state index in [-0.39, 0.29) is 17.9 Å². The summed E-state index contributed by atoms with van der Waals surface area (Å²) < 4.78 is 0.